The zero-order valence-electron chi connectivity index (χ0n) is 22.5. The number of benzene rings is 3. The molecule has 1 aromatic heterocycles. The number of aromatic amines is 1. The van der Waals surface area contributed by atoms with Crippen LogP contribution in [0.5, 0.6) is 5.75 Å². The van der Waals surface area contributed by atoms with Crippen molar-refractivity contribution >= 4 is 57.2 Å². The van der Waals surface area contributed by atoms with E-state index in [9.17, 15) is 4.79 Å². The molecule has 8 heteroatoms. The molecule has 7 nitrogen and oxygen atoms in total. The van der Waals surface area contributed by atoms with Gasteiger partial charge in [0.25, 0.3) is 0 Å². The normalized spacial score (nSPS) is 26.0. The number of carbonyl (C=O) groups excluding carboxylic acids is 1. The molecule has 0 unspecified atom stereocenters. The number of hydrogen-bond donors (Lipinski definition) is 2. The van der Waals surface area contributed by atoms with Gasteiger partial charge in [-0.3, -0.25) is 14.8 Å². The second kappa shape index (κ2) is 10.0. The zero-order chi connectivity index (χ0) is 27.4. The first-order chi connectivity index (χ1) is 19.4. The van der Waals surface area contributed by atoms with E-state index in [0.29, 0.717) is 0 Å². The number of hydrogen-bond acceptors (Lipinski definition) is 5. The minimum Gasteiger partial charge on any atom is -0.497 e. The van der Waals surface area contributed by atoms with Crippen LogP contribution in [-0.2, 0) is 21.5 Å². The maximum atomic E-state index is 13.0. The first kappa shape index (κ1) is 25.7. The maximum Gasteiger partial charge on any atom is 0.235 e. The van der Waals surface area contributed by atoms with E-state index in [2.05, 4.69) is 105 Å². The maximum absolute atomic E-state index is 13.0. The lowest BCUT2D eigenvalue weighted by Crippen LogP contribution is -2.43. The van der Waals surface area contributed by atoms with Crippen molar-refractivity contribution in [3.05, 3.63) is 88.6 Å². The fourth-order valence-electron chi connectivity index (χ4n) is 6.38. The molecule has 1 saturated heterocycles. The Morgan fingerprint density at radius 1 is 1.12 bits per heavy atom. The fraction of sp³-hybridized carbons (Fsp3) is 0.312. The number of alkyl halides is 1. The third-order valence-corrected chi connectivity index (χ3v) is 9.14. The van der Waals surface area contributed by atoms with Crippen LogP contribution in [0.1, 0.15) is 47.2 Å². The average Bonchev–Trinajstić information content (AvgIpc) is 3.48. The molecular formula is C32H31IN4O3. The van der Waals surface area contributed by atoms with Crippen LogP contribution in [-0.4, -0.2) is 51.4 Å². The Morgan fingerprint density at radius 3 is 2.77 bits per heavy atom. The van der Waals surface area contributed by atoms with Crippen LogP contribution in [0, 0.1) is 0 Å². The van der Waals surface area contributed by atoms with Gasteiger partial charge in [0.05, 0.1) is 29.8 Å². The van der Waals surface area contributed by atoms with Crippen molar-refractivity contribution in [1.29, 1.82) is 0 Å². The van der Waals surface area contributed by atoms with Crippen LogP contribution >= 0.6 is 22.6 Å². The average molecular weight is 647 g/mol. The third-order valence-electron chi connectivity index (χ3n) is 8.46. The van der Waals surface area contributed by atoms with Crippen LogP contribution in [0.15, 0.2) is 60.7 Å². The van der Waals surface area contributed by atoms with Crippen molar-refractivity contribution in [2.24, 2.45) is 0 Å². The van der Waals surface area contributed by atoms with Gasteiger partial charge < -0.3 is 14.8 Å². The summed E-state index contributed by atoms with van der Waals surface area (Å²) in [6.07, 6.45) is 5.23. The first-order valence-electron chi connectivity index (χ1n) is 13.7. The van der Waals surface area contributed by atoms with E-state index >= 15 is 0 Å². The molecule has 0 radical (unpaired) electrons. The van der Waals surface area contributed by atoms with E-state index in [-0.39, 0.29) is 22.0 Å². The highest BCUT2D eigenvalue weighted by Crippen LogP contribution is 2.65. The molecule has 2 aliphatic heterocycles. The molecule has 3 aliphatic rings. The van der Waals surface area contributed by atoms with Crippen molar-refractivity contribution in [1.82, 2.24) is 15.1 Å². The smallest absolute Gasteiger partial charge is 0.235 e. The Morgan fingerprint density at radius 2 is 1.98 bits per heavy atom. The van der Waals surface area contributed by atoms with Crippen molar-refractivity contribution < 1.29 is 14.3 Å². The minimum absolute atomic E-state index is 0.0776. The van der Waals surface area contributed by atoms with Gasteiger partial charge in [0.15, 0.2) is 0 Å². The van der Waals surface area contributed by atoms with Gasteiger partial charge in [0, 0.05) is 36.6 Å². The number of amides is 1. The van der Waals surface area contributed by atoms with Gasteiger partial charge in [-0.1, -0.05) is 42.5 Å². The second-order valence-corrected chi connectivity index (χ2v) is 12.5. The number of carbonyl (C=O) groups is 1. The van der Waals surface area contributed by atoms with Crippen LogP contribution < -0.4 is 10.1 Å². The van der Waals surface area contributed by atoms with Gasteiger partial charge in [-0.2, -0.15) is 5.10 Å². The van der Waals surface area contributed by atoms with Gasteiger partial charge >= 0.3 is 0 Å². The number of nitrogens with zero attached hydrogens (tertiary/aromatic N) is 2. The standard InChI is InChI=1S/C32H31IN4O3/c1-19-16-37(18-30(33)40-19)17-21-5-3-20(4-6-21)7-11-27-24-10-8-22(13-29(24)36-35-27)26-15-32(26)25-14-23(39-2)9-12-28(25)34-31(32)38/h3-14,19,26,30H,15-18H2,1-2H3,(H,34,38)(H,35,36)/b11-7+/t19-,26+,30-,32+/m1/s1. The van der Waals surface area contributed by atoms with Crippen LogP contribution in [0.2, 0.25) is 0 Å². The molecule has 2 fully saturated rings. The molecule has 7 rings (SSSR count). The molecule has 0 bridgehead atoms. The van der Waals surface area contributed by atoms with Gasteiger partial charge in [-0.25, -0.2) is 0 Å². The summed E-state index contributed by atoms with van der Waals surface area (Å²) in [7, 11) is 1.66. The number of morpholine rings is 1. The molecule has 204 valence electrons. The molecule has 4 atom stereocenters. The Bertz CT molecular complexity index is 1620. The van der Waals surface area contributed by atoms with Gasteiger partial charge in [-0.15, -0.1) is 0 Å². The molecule has 1 spiro atoms. The largest absolute Gasteiger partial charge is 0.497 e. The van der Waals surface area contributed by atoms with Crippen molar-refractivity contribution in [3.63, 3.8) is 0 Å². The SMILES string of the molecule is COc1ccc2c(c1)[C@]1(C[C@H]1c1ccc3c(/C=C/c4ccc(CN5C[C@@H](C)O[C@@H](I)C5)cc4)n[nH]c3c1)C(=O)N2. The topological polar surface area (TPSA) is 79.5 Å². The Hall–Kier alpha value is -3.21. The highest BCUT2D eigenvalue weighted by Gasteiger charge is 2.65. The summed E-state index contributed by atoms with van der Waals surface area (Å²) in [6.45, 7) is 4.99. The Kier molecular flexibility index (Phi) is 6.44. The number of methoxy groups -OCH3 is 1. The molecule has 1 aliphatic carbocycles. The van der Waals surface area contributed by atoms with E-state index in [1.165, 1.54) is 5.56 Å². The lowest BCUT2D eigenvalue weighted by molar-refractivity contribution is -0.118. The quantitative estimate of drug-likeness (QED) is 0.196. The number of fused-ring (bicyclic) bond motifs is 3. The number of aromatic nitrogens is 2. The number of nitrogens with one attached hydrogen (secondary N) is 2. The van der Waals surface area contributed by atoms with Crippen molar-refractivity contribution in [3.8, 4) is 5.75 Å². The predicted molar refractivity (Wildman–Crippen MR) is 166 cm³/mol. The molecule has 2 N–H and O–H groups in total. The highest BCUT2D eigenvalue weighted by molar-refractivity contribution is 14.1. The number of rotatable bonds is 6. The summed E-state index contributed by atoms with van der Waals surface area (Å²) in [5.74, 6) is 0.986. The van der Waals surface area contributed by atoms with E-state index in [1.807, 2.05) is 18.2 Å². The van der Waals surface area contributed by atoms with Gasteiger partial charge in [-0.05, 0) is 88.5 Å². The fourth-order valence-corrected chi connectivity index (χ4v) is 7.43. The van der Waals surface area contributed by atoms with Gasteiger partial charge in [0.1, 0.15) is 9.86 Å². The van der Waals surface area contributed by atoms with Gasteiger partial charge in [0.2, 0.25) is 5.91 Å². The zero-order valence-corrected chi connectivity index (χ0v) is 24.6. The number of H-pyrrole nitrogens is 1. The first-order valence-corrected chi connectivity index (χ1v) is 14.9. The monoisotopic (exact) mass is 646 g/mol. The predicted octanol–water partition coefficient (Wildman–Crippen LogP) is 6.10. The van der Waals surface area contributed by atoms with Crippen LogP contribution in [0.25, 0.3) is 23.1 Å². The summed E-state index contributed by atoms with van der Waals surface area (Å²) in [4.78, 5) is 15.5. The van der Waals surface area contributed by atoms with Crippen molar-refractivity contribution in [2.45, 2.75) is 41.4 Å². The summed E-state index contributed by atoms with van der Waals surface area (Å²) < 4.78 is 11.5. The highest BCUT2D eigenvalue weighted by atomic mass is 127. The lowest BCUT2D eigenvalue weighted by atomic mass is 9.91. The summed E-state index contributed by atoms with van der Waals surface area (Å²) in [6, 6.07) is 21.0. The molecule has 3 heterocycles. The van der Waals surface area contributed by atoms with Crippen LogP contribution in [0.4, 0.5) is 5.69 Å². The Labute approximate surface area is 247 Å². The van der Waals surface area contributed by atoms with Crippen molar-refractivity contribution in [2.75, 3.05) is 25.5 Å². The van der Waals surface area contributed by atoms with E-state index in [4.69, 9.17) is 9.47 Å². The molecule has 40 heavy (non-hydrogen) atoms. The minimum atomic E-state index is -0.510. The van der Waals surface area contributed by atoms with E-state index in [1.54, 1.807) is 7.11 Å². The number of ether oxygens (including phenoxy) is 2. The summed E-state index contributed by atoms with van der Waals surface area (Å²) >= 11 is 2.37. The molecule has 1 amide bonds. The lowest BCUT2D eigenvalue weighted by Gasteiger charge is -2.34. The molecule has 4 aromatic rings. The second-order valence-electron chi connectivity index (χ2n) is 11.1. The third kappa shape index (κ3) is 4.52. The Balaban J connectivity index is 1.06. The molecule has 3 aromatic carbocycles. The summed E-state index contributed by atoms with van der Waals surface area (Å²) in [5, 5.41) is 11.9. The molecular weight excluding hydrogens is 615 g/mol. The van der Waals surface area contributed by atoms with E-state index in [0.717, 1.165) is 70.8 Å². The number of halogens is 1. The van der Waals surface area contributed by atoms with Crippen LogP contribution in [0.3, 0.4) is 0 Å². The van der Waals surface area contributed by atoms with E-state index < -0.39 is 5.41 Å². The summed E-state index contributed by atoms with van der Waals surface area (Å²) in [5.41, 5.74) is 6.90. The number of anilines is 1. The molecule has 1 saturated carbocycles.